The van der Waals surface area contributed by atoms with Crippen molar-refractivity contribution >= 4 is 27.5 Å². The molecule has 0 radical (unpaired) electrons. The van der Waals surface area contributed by atoms with Crippen molar-refractivity contribution in [2.45, 2.75) is 20.0 Å². The molecule has 21 heavy (non-hydrogen) atoms. The number of nitrogens with one attached hydrogen (secondary N) is 1. The Balaban J connectivity index is 2.06. The highest BCUT2D eigenvalue weighted by molar-refractivity contribution is 9.10. The van der Waals surface area contributed by atoms with Gasteiger partial charge >= 0.3 is 0 Å². The first-order valence-electron chi connectivity index (χ1n) is 6.52. The Kier molecular flexibility index (Phi) is 4.85. The zero-order chi connectivity index (χ0) is 15.4. The van der Waals surface area contributed by atoms with Crippen LogP contribution in [0.1, 0.15) is 24.2 Å². The van der Waals surface area contributed by atoms with E-state index >= 15 is 0 Å². The van der Waals surface area contributed by atoms with E-state index in [0.717, 1.165) is 5.75 Å². The minimum atomic E-state index is -0.282. The molecule has 0 saturated heterocycles. The summed E-state index contributed by atoms with van der Waals surface area (Å²) in [4.78, 5) is 12.1. The number of aromatic hydroxyl groups is 1. The first-order valence-corrected chi connectivity index (χ1v) is 7.31. The van der Waals surface area contributed by atoms with Crippen molar-refractivity contribution < 1.29 is 14.6 Å². The van der Waals surface area contributed by atoms with Crippen LogP contribution in [0.5, 0.6) is 11.5 Å². The van der Waals surface area contributed by atoms with E-state index in [9.17, 15) is 9.90 Å². The van der Waals surface area contributed by atoms with E-state index in [2.05, 4.69) is 21.2 Å². The zero-order valence-corrected chi connectivity index (χ0v) is 13.3. The highest BCUT2D eigenvalue weighted by Crippen LogP contribution is 2.25. The predicted molar refractivity (Wildman–Crippen MR) is 86.0 cm³/mol. The lowest BCUT2D eigenvalue weighted by molar-refractivity contribution is 0.102. The minimum Gasteiger partial charge on any atom is -0.507 e. The number of amides is 1. The van der Waals surface area contributed by atoms with Gasteiger partial charge in [0.25, 0.3) is 5.91 Å². The summed E-state index contributed by atoms with van der Waals surface area (Å²) in [6, 6.07) is 11.8. The van der Waals surface area contributed by atoms with Crippen LogP contribution in [0.4, 0.5) is 5.69 Å². The summed E-state index contributed by atoms with van der Waals surface area (Å²) in [5, 5.41) is 12.4. The summed E-state index contributed by atoms with van der Waals surface area (Å²) in [5.41, 5.74) is 1.05. The van der Waals surface area contributed by atoms with Gasteiger partial charge in [-0.3, -0.25) is 4.79 Å². The fraction of sp³-hybridized carbons (Fsp3) is 0.188. The maximum atomic E-state index is 12.1. The van der Waals surface area contributed by atoms with Crippen molar-refractivity contribution in [1.82, 2.24) is 0 Å². The Morgan fingerprint density at radius 3 is 2.43 bits per heavy atom. The Bertz CT molecular complexity index is 638. The molecule has 0 saturated carbocycles. The number of halogens is 1. The number of hydrogen-bond acceptors (Lipinski definition) is 3. The van der Waals surface area contributed by atoms with Gasteiger partial charge in [0.05, 0.1) is 10.6 Å². The minimum absolute atomic E-state index is 0.0309. The molecule has 0 spiro atoms. The molecule has 0 atom stereocenters. The Morgan fingerprint density at radius 2 is 1.86 bits per heavy atom. The number of benzene rings is 2. The van der Waals surface area contributed by atoms with Crippen molar-refractivity contribution in [3.8, 4) is 11.5 Å². The number of carbonyl (C=O) groups excluding carboxylic acids is 1. The highest BCUT2D eigenvalue weighted by Gasteiger charge is 2.09. The fourth-order valence-electron chi connectivity index (χ4n) is 1.75. The number of rotatable bonds is 4. The van der Waals surface area contributed by atoms with Crippen LogP contribution in [-0.4, -0.2) is 17.1 Å². The van der Waals surface area contributed by atoms with E-state index in [1.165, 1.54) is 6.07 Å². The molecule has 4 nitrogen and oxygen atoms in total. The third kappa shape index (κ3) is 4.23. The summed E-state index contributed by atoms with van der Waals surface area (Å²) in [7, 11) is 0. The van der Waals surface area contributed by atoms with Crippen LogP contribution in [0.15, 0.2) is 46.9 Å². The topological polar surface area (TPSA) is 58.6 Å². The molecular formula is C16H16BrNO3. The molecule has 0 aliphatic rings. The molecule has 1 amide bonds. The number of phenols is 1. The van der Waals surface area contributed by atoms with Crippen molar-refractivity contribution in [2.75, 3.05) is 5.32 Å². The molecule has 0 fully saturated rings. The van der Waals surface area contributed by atoms with Gasteiger partial charge in [0.1, 0.15) is 11.5 Å². The average molecular weight is 350 g/mol. The molecule has 2 N–H and O–H groups in total. The van der Waals surface area contributed by atoms with Gasteiger partial charge in [-0.1, -0.05) is 0 Å². The van der Waals surface area contributed by atoms with E-state index in [1.54, 1.807) is 36.4 Å². The summed E-state index contributed by atoms with van der Waals surface area (Å²) < 4.78 is 6.09. The van der Waals surface area contributed by atoms with Gasteiger partial charge in [0.2, 0.25) is 0 Å². The van der Waals surface area contributed by atoms with Crippen LogP contribution >= 0.6 is 15.9 Å². The van der Waals surface area contributed by atoms with E-state index in [-0.39, 0.29) is 17.8 Å². The molecule has 0 aromatic heterocycles. The molecule has 0 bridgehead atoms. The Morgan fingerprint density at radius 1 is 1.19 bits per heavy atom. The van der Waals surface area contributed by atoms with E-state index in [1.807, 2.05) is 13.8 Å². The second kappa shape index (κ2) is 6.63. The number of anilines is 1. The molecule has 0 heterocycles. The summed E-state index contributed by atoms with van der Waals surface area (Å²) >= 11 is 3.18. The van der Waals surface area contributed by atoms with E-state index < -0.39 is 0 Å². The Hall–Kier alpha value is -2.01. The molecule has 2 aromatic carbocycles. The lowest BCUT2D eigenvalue weighted by Gasteiger charge is -2.11. The normalized spacial score (nSPS) is 10.5. The van der Waals surface area contributed by atoms with Crippen molar-refractivity contribution in [3.63, 3.8) is 0 Å². The molecule has 2 rings (SSSR count). The molecule has 0 aliphatic heterocycles. The van der Waals surface area contributed by atoms with Gasteiger partial charge < -0.3 is 15.2 Å². The van der Waals surface area contributed by atoms with Crippen LogP contribution in [0.3, 0.4) is 0 Å². The summed E-state index contributed by atoms with van der Waals surface area (Å²) in [5.74, 6) is 0.503. The van der Waals surface area contributed by atoms with Crippen LogP contribution in [0, 0.1) is 0 Å². The number of ether oxygens (including phenoxy) is 1. The lowest BCUT2D eigenvalue weighted by atomic mass is 10.2. The SMILES string of the molecule is CC(C)Oc1ccc(NC(=O)c2ccc(Br)c(O)c2)cc1. The molecule has 110 valence electrons. The van der Waals surface area contributed by atoms with Gasteiger partial charge in [0, 0.05) is 11.3 Å². The third-order valence-electron chi connectivity index (χ3n) is 2.69. The van der Waals surface area contributed by atoms with Gasteiger partial charge in [-0.25, -0.2) is 0 Å². The third-order valence-corrected chi connectivity index (χ3v) is 3.36. The van der Waals surface area contributed by atoms with Crippen molar-refractivity contribution in [3.05, 3.63) is 52.5 Å². The van der Waals surface area contributed by atoms with Crippen LogP contribution < -0.4 is 10.1 Å². The van der Waals surface area contributed by atoms with E-state index in [4.69, 9.17) is 4.74 Å². The second-order valence-electron chi connectivity index (χ2n) is 4.81. The fourth-order valence-corrected chi connectivity index (χ4v) is 1.99. The zero-order valence-electron chi connectivity index (χ0n) is 11.8. The average Bonchev–Trinajstić information content (AvgIpc) is 2.43. The summed E-state index contributed by atoms with van der Waals surface area (Å²) in [6.45, 7) is 3.91. The monoisotopic (exact) mass is 349 g/mol. The quantitative estimate of drug-likeness (QED) is 0.869. The van der Waals surface area contributed by atoms with Gasteiger partial charge in [-0.05, 0) is 72.2 Å². The van der Waals surface area contributed by atoms with Crippen LogP contribution in [0.2, 0.25) is 0 Å². The molecule has 0 aliphatic carbocycles. The molecular weight excluding hydrogens is 334 g/mol. The first kappa shape index (κ1) is 15.4. The predicted octanol–water partition coefficient (Wildman–Crippen LogP) is 4.19. The maximum absolute atomic E-state index is 12.1. The van der Waals surface area contributed by atoms with Crippen LogP contribution in [-0.2, 0) is 0 Å². The molecule has 5 heteroatoms. The number of hydrogen-bond donors (Lipinski definition) is 2. The van der Waals surface area contributed by atoms with Crippen molar-refractivity contribution in [1.29, 1.82) is 0 Å². The second-order valence-corrected chi connectivity index (χ2v) is 5.67. The maximum Gasteiger partial charge on any atom is 0.255 e. The van der Waals surface area contributed by atoms with Gasteiger partial charge in [0.15, 0.2) is 0 Å². The van der Waals surface area contributed by atoms with E-state index in [0.29, 0.717) is 15.7 Å². The van der Waals surface area contributed by atoms with Crippen LogP contribution in [0.25, 0.3) is 0 Å². The summed E-state index contributed by atoms with van der Waals surface area (Å²) in [6.07, 6.45) is 0.108. The number of carbonyl (C=O) groups is 1. The lowest BCUT2D eigenvalue weighted by Crippen LogP contribution is -2.11. The number of phenolic OH excluding ortho intramolecular Hbond substituents is 1. The Labute approximate surface area is 131 Å². The first-order chi connectivity index (χ1) is 9.95. The van der Waals surface area contributed by atoms with Gasteiger partial charge in [-0.2, -0.15) is 0 Å². The standard InChI is InChI=1S/C16H16BrNO3/c1-10(2)21-13-6-4-12(5-7-13)18-16(20)11-3-8-14(17)15(19)9-11/h3-10,19H,1-2H3,(H,18,20). The van der Waals surface area contributed by atoms with Crippen molar-refractivity contribution in [2.24, 2.45) is 0 Å². The smallest absolute Gasteiger partial charge is 0.255 e. The van der Waals surface area contributed by atoms with Gasteiger partial charge in [-0.15, -0.1) is 0 Å². The molecule has 2 aromatic rings. The molecule has 0 unspecified atom stereocenters. The highest BCUT2D eigenvalue weighted by atomic mass is 79.9. The largest absolute Gasteiger partial charge is 0.507 e.